The van der Waals surface area contributed by atoms with Crippen LogP contribution in [0, 0.1) is 5.92 Å². The van der Waals surface area contributed by atoms with Crippen molar-refractivity contribution in [1.29, 1.82) is 0 Å². The van der Waals surface area contributed by atoms with E-state index in [1.54, 1.807) is 0 Å². The van der Waals surface area contributed by atoms with E-state index in [0.29, 0.717) is 23.0 Å². The van der Waals surface area contributed by atoms with Crippen molar-refractivity contribution >= 4 is 17.5 Å². The fraction of sp³-hybridized carbons (Fsp3) is 0.929. The van der Waals surface area contributed by atoms with Gasteiger partial charge in [-0.05, 0) is 19.8 Å². The molecule has 0 radical (unpaired) electrons. The Kier molecular flexibility index (Phi) is 4.92. The summed E-state index contributed by atoms with van der Waals surface area (Å²) in [7, 11) is 0. The Morgan fingerprint density at radius 3 is 2.94 bits per heavy atom. The molecule has 0 amide bonds. The molecular formula is C14H25NOS. The van der Waals surface area contributed by atoms with Crippen molar-refractivity contribution in [2.24, 2.45) is 5.92 Å². The van der Waals surface area contributed by atoms with Gasteiger partial charge in [-0.3, -0.25) is 9.69 Å². The van der Waals surface area contributed by atoms with Gasteiger partial charge in [-0.1, -0.05) is 19.8 Å². The van der Waals surface area contributed by atoms with Crippen LogP contribution in [-0.2, 0) is 4.79 Å². The summed E-state index contributed by atoms with van der Waals surface area (Å²) in [5.41, 5.74) is 0. The van der Waals surface area contributed by atoms with Crippen LogP contribution in [0.4, 0.5) is 0 Å². The van der Waals surface area contributed by atoms with Crippen LogP contribution in [0.3, 0.4) is 0 Å². The lowest BCUT2D eigenvalue weighted by atomic mass is 9.97. The minimum Gasteiger partial charge on any atom is -0.299 e. The molecule has 2 fully saturated rings. The molecule has 1 saturated carbocycles. The van der Waals surface area contributed by atoms with Gasteiger partial charge in [0.1, 0.15) is 5.78 Å². The van der Waals surface area contributed by atoms with Crippen LogP contribution in [0.2, 0.25) is 0 Å². The summed E-state index contributed by atoms with van der Waals surface area (Å²) in [5, 5.41) is 0.713. The van der Waals surface area contributed by atoms with E-state index in [-0.39, 0.29) is 0 Å². The molecule has 3 unspecified atom stereocenters. The van der Waals surface area contributed by atoms with Crippen LogP contribution in [0.5, 0.6) is 0 Å². The predicted octanol–water partition coefficient (Wildman–Crippen LogP) is 2.96. The topological polar surface area (TPSA) is 20.3 Å². The first kappa shape index (κ1) is 13.4. The Morgan fingerprint density at radius 1 is 1.29 bits per heavy atom. The Hall–Kier alpha value is -0.0200. The highest BCUT2D eigenvalue weighted by Crippen LogP contribution is 2.27. The molecule has 0 aromatic carbocycles. The van der Waals surface area contributed by atoms with Crippen molar-refractivity contribution < 1.29 is 4.79 Å². The van der Waals surface area contributed by atoms with Crippen LogP contribution in [0.25, 0.3) is 0 Å². The van der Waals surface area contributed by atoms with Crippen molar-refractivity contribution in [3.63, 3.8) is 0 Å². The second-order valence-electron chi connectivity index (χ2n) is 5.57. The van der Waals surface area contributed by atoms with Crippen molar-refractivity contribution in [3.05, 3.63) is 0 Å². The third-order valence-corrected chi connectivity index (χ3v) is 5.74. The fourth-order valence-electron chi connectivity index (χ4n) is 2.96. The summed E-state index contributed by atoms with van der Waals surface area (Å²) < 4.78 is 0. The number of carbonyl (C=O) groups excluding carboxylic acids is 1. The van der Waals surface area contributed by atoms with E-state index < -0.39 is 0 Å². The van der Waals surface area contributed by atoms with Crippen molar-refractivity contribution in [2.45, 2.75) is 57.2 Å². The summed E-state index contributed by atoms with van der Waals surface area (Å²) in [4.78, 5) is 14.6. The lowest BCUT2D eigenvalue weighted by Gasteiger charge is -2.39. The van der Waals surface area contributed by atoms with Gasteiger partial charge in [0.05, 0.1) is 0 Å². The van der Waals surface area contributed by atoms with Crippen LogP contribution in [0.15, 0.2) is 0 Å². The smallest absolute Gasteiger partial charge is 0.137 e. The molecule has 0 N–H and O–H groups in total. The minimum absolute atomic E-state index is 0.329. The highest BCUT2D eigenvalue weighted by atomic mass is 32.2. The lowest BCUT2D eigenvalue weighted by Crippen LogP contribution is -2.47. The zero-order chi connectivity index (χ0) is 12.3. The maximum Gasteiger partial charge on any atom is 0.137 e. The highest BCUT2D eigenvalue weighted by molar-refractivity contribution is 8.00. The van der Waals surface area contributed by atoms with Gasteiger partial charge in [0.15, 0.2) is 0 Å². The molecule has 1 aliphatic carbocycles. The molecule has 1 saturated heterocycles. The molecule has 0 spiro atoms. The molecule has 1 heterocycles. The van der Waals surface area contributed by atoms with Crippen molar-refractivity contribution in [3.8, 4) is 0 Å². The first-order valence-electron chi connectivity index (χ1n) is 7.07. The molecule has 98 valence electrons. The first-order valence-corrected chi connectivity index (χ1v) is 8.11. The number of Topliss-reactive ketones (excluding diaryl/α,β-unsaturated/α-hetero) is 1. The molecule has 3 atom stereocenters. The summed E-state index contributed by atoms with van der Waals surface area (Å²) in [5.74, 6) is 2.09. The van der Waals surface area contributed by atoms with Gasteiger partial charge in [-0.15, -0.1) is 0 Å². The van der Waals surface area contributed by atoms with E-state index >= 15 is 0 Å². The van der Waals surface area contributed by atoms with Gasteiger partial charge in [-0.2, -0.15) is 11.8 Å². The SMILES string of the molecule is CC1SCCN(CC2CCCCCC2=O)C1C. The maximum atomic E-state index is 12.0. The standard InChI is InChI=1S/C14H25NOS/c1-11-12(2)17-9-8-15(11)10-13-6-4-3-5-7-14(13)16/h11-13H,3-10H2,1-2H3. The summed E-state index contributed by atoms with van der Waals surface area (Å²) in [6.07, 6.45) is 5.59. The molecule has 0 aromatic rings. The van der Waals surface area contributed by atoms with E-state index in [2.05, 4.69) is 30.5 Å². The molecule has 0 bridgehead atoms. The summed E-state index contributed by atoms with van der Waals surface area (Å²) in [6, 6.07) is 0.629. The van der Waals surface area contributed by atoms with Crippen molar-refractivity contribution in [2.75, 3.05) is 18.8 Å². The second kappa shape index (κ2) is 6.24. The minimum atomic E-state index is 0.329. The highest BCUT2D eigenvalue weighted by Gasteiger charge is 2.29. The molecule has 17 heavy (non-hydrogen) atoms. The Bertz CT molecular complexity index is 269. The Balaban J connectivity index is 1.91. The number of nitrogens with zero attached hydrogens (tertiary/aromatic N) is 1. The molecule has 3 heteroatoms. The average molecular weight is 255 g/mol. The molecule has 2 aliphatic rings. The number of rotatable bonds is 2. The van der Waals surface area contributed by atoms with Gasteiger partial charge in [0.25, 0.3) is 0 Å². The Morgan fingerprint density at radius 2 is 2.12 bits per heavy atom. The van der Waals surface area contributed by atoms with Crippen LogP contribution in [-0.4, -0.2) is 40.8 Å². The van der Waals surface area contributed by atoms with Crippen LogP contribution >= 0.6 is 11.8 Å². The van der Waals surface area contributed by atoms with Crippen LogP contribution in [0.1, 0.15) is 46.0 Å². The van der Waals surface area contributed by atoms with Crippen molar-refractivity contribution in [1.82, 2.24) is 4.90 Å². The number of ketones is 1. The molecular weight excluding hydrogens is 230 g/mol. The van der Waals surface area contributed by atoms with E-state index in [4.69, 9.17) is 0 Å². The Labute approximate surface area is 110 Å². The average Bonchev–Trinajstić information content (AvgIpc) is 2.51. The normalized spacial score (nSPS) is 36.8. The van der Waals surface area contributed by atoms with Crippen LogP contribution < -0.4 is 0 Å². The monoisotopic (exact) mass is 255 g/mol. The van der Waals surface area contributed by atoms with E-state index in [0.717, 1.165) is 25.8 Å². The maximum absolute atomic E-state index is 12.0. The largest absolute Gasteiger partial charge is 0.299 e. The first-order chi connectivity index (χ1) is 8.18. The lowest BCUT2D eigenvalue weighted by molar-refractivity contribution is -0.123. The zero-order valence-corrected chi connectivity index (χ0v) is 12.0. The zero-order valence-electron chi connectivity index (χ0n) is 11.2. The van der Waals surface area contributed by atoms with Gasteiger partial charge < -0.3 is 0 Å². The van der Waals surface area contributed by atoms with E-state index in [1.165, 1.54) is 25.1 Å². The number of carbonyl (C=O) groups is 1. The molecule has 2 nitrogen and oxygen atoms in total. The summed E-state index contributed by atoms with van der Waals surface area (Å²) >= 11 is 2.07. The quantitative estimate of drug-likeness (QED) is 0.708. The number of hydrogen-bond acceptors (Lipinski definition) is 3. The van der Waals surface area contributed by atoms with E-state index in [9.17, 15) is 4.79 Å². The predicted molar refractivity (Wildman–Crippen MR) is 74.5 cm³/mol. The number of thioether (sulfide) groups is 1. The third-order valence-electron chi connectivity index (χ3n) is 4.40. The fourth-order valence-corrected chi connectivity index (χ4v) is 4.12. The third kappa shape index (κ3) is 3.47. The van der Waals surface area contributed by atoms with Gasteiger partial charge in [0, 0.05) is 42.5 Å². The molecule has 0 aromatic heterocycles. The summed E-state index contributed by atoms with van der Waals surface area (Å²) in [6.45, 7) is 6.82. The molecule has 1 aliphatic heterocycles. The number of hydrogen-bond donors (Lipinski definition) is 0. The van der Waals surface area contributed by atoms with E-state index in [1.807, 2.05) is 0 Å². The molecule has 2 rings (SSSR count). The van der Waals surface area contributed by atoms with Gasteiger partial charge >= 0.3 is 0 Å². The second-order valence-corrected chi connectivity index (χ2v) is 7.06. The van der Waals surface area contributed by atoms with Gasteiger partial charge in [-0.25, -0.2) is 0 Å². The van der Waals surface area contributed by atoms with Gasteiger partial charge in [0.2, 0.25) is 0 Å².